The van der Waals surface area contributed by atoms with Crippen molar-refractivity contribution in [2.75, 3.05) is 36.7 Å². The van der Waals surface area contributed by atoms with Crippen LogP contribution in [-0.4, -0.2) is 62.9 Å². The lowest BCUT2D eigenvalue weighted by Gasteiger charge is -2.34. The van der Waals surface area contributed by atoms with Gasteiger partial charge in [-0.25, -0.2) is 13.2 Å². The van der Waals surface area contributed by atoms with E-state index < -0.39 is 21.3 Å². The molecule has 0 bridgehead atoms. The van der Waals surface area contributed by atoms with E-state index in [2.05, 4.69) is 16.2 Å². The summed E-state index contributed by atoms with van der Waals surface area (Å²) >= 11 is 6.03. The molecule has 208 valence electrons. The summed E-state index contributed by atoms with van der Waals surface area (Å²) in [4.78, 5) is 26.9. The Morgan fingerprint density at radius 1 is 1.08 bits per heavy atom. The summed E-state index contributed by atoms with van der Waals surface area (Å²) in [6, 6.07) is 9.42. The molecule has 3 rings (SSSR count). The fourth-order valence-corrected chi connectivity index (χ4v) is 5.13. The van der Waals surface area contributed by atoms with Crippen LogP contribution in [-0.2, 0) is 14.6 Å². The monoisotopic (exact) mass is 566 g/mol. The van der Waals surface area contributed by atoms with Gasteiger partial charge in [-0.3, -0.25) is 15.6 Å². The first-order valence-electron chi connectivity index (χ1n) is 12.3. The fourth-order valence-electron chi connectivity index (χ4n) is 3.93. The number of hydrazine groups is 1. The number of methoxy groups -OCH3 is 1. The van der Waals surface area contributed by atoms with E-state index in [1.807, 2.05) is 20.8 Å². The molecule has 0 aromatic heterocycles. The van der Waals surface area contributed by atoms with E-state index in [1.54, 1.807) is 30.0 Å². The Labute approximate surface area is 228 Å². The van der Waals surface area contributed by atoms with Crippen LogP contribution in [0, 0.1) is 0 Å². The van der Waals surface area contributed by atoms with Gasteiger partial charge in [0.15, 0.2) is 9.84 Å². The van der Waals surface area contributed by atoms with Crippen molar-refractivity contribution in [1.82, 2.24) is 10.3 Å². The first-order valence-corrected chi connectivity index (χ1v) is 14.4. The van der Waals surface area contributed by atoms with E-state index in [0.29, 0.717) is 29.4 Å². The van der Waals surface area contributed by atoms with Gasteiger partial charge < -0.3 is 19.7 Å². The van der Waals surface area contributed by atoms with Crippen molar-refractivity contribution < 1.29 is 27.5 Å². The molecule has 1 saturated heterocycles. The van der Waals surface area contributed by atoms with Crippen LogP contribution in [0.3, 0.4) is 0 Å². The average Bonchev–Trinajstić information content (AvgIpc) is 2.86. The van der Waals surface area contributed by atoms with E-state index in [0.717, 1.165) is 18.5 Å². The molecule has 0 aliphatic carbocycles. The summed E-state index contributed by atoms with van der Waals surface area (Å²) < 4.78 is 35.7. The van der Waals surface area contributed by atoms with Crippen molar-refractivity contribution in [1.29, 1.82) is 0 Å². The average molecular weight is 567 g/mol. The molecule has 1 aliphatic heterocycles. The normalized spacial score (nSPS) is 14.5. The molecule has 3 N–H and O–H groups in total. The van der Waals surface area contributed by atoms with Crippen molar-refractivity contribution in [2.45, 2.75) is 57.1 Å². The minimum absolute atomic E-state index is 0.0412. The number of amides is 2. The molecule has 0 spiro atoms. The molecular weight excluding hydrogens is 532 g/mol. The van der Waals surface area contributed by atoms with Gasteiger partial charge in [0.25, 0.3) is 5.91 Å². The van der Waals surface area contributed by atoms with E-state index in [1.165, 1.54) is 25.3 Å². The number of rotatable bonds is 8. The lowest BCUT2D eigenvalue weighted by atomic mass is 10.0. The van der Waals surface area contributed by atoms with E-state index in [-0.39, 0.29) is 28.5 Å². The maximum Gasteiger partial charge on any atom is 0.410 e. The zero-order valence-electron chi connectivity index (χ0n) is 22.3. The number of carbonyl (C=O) groups excluding carboxylic acids is 2. The first kappa shape index (κ1) is 29.4. The van der Waals surface area contributed by atoms with Crippen molar-refractivity contribution >= 4 is 44.8 Å². The number of carbonyl (C=O) groups is 2. The van der Waals surface area contributed by atoms with Crippen LogP contribution in [0.5, 0.6) is 5.75 Å². The molecule has 1 aliphatic rings. The lowest BCUT2D eigenvalue weighted by molar-refractivity contribution is 0.0210. The second-order valence-corrected chi connectivity index (χ2v) is 12.6. The maximum atomic E-state index is 12.8. The lowest BCUT2D eigenvalue weighted by Crippen LogP contribution is -2.44. The SMILES string of the molecule is CCS(=O)(=O)c1ccc(Cl)cc1NNC(=O)c1ccc(NC2CCN(C(=O)OC(C)(C)C)CC2)c(OC)c1. The summed E-state index contributed by atoms with van der Waals surface area (Å²) in [5, 5.41) is 3.76. The number of benzene rings is 2. The Hall–Kier alpha value is -3.18. The molecule has 38 heavy (non-hydrogen) atoms. The molecule has 0 atom stereocenters. The molecule has 1 fully saturated rings. The molecule has 1 heterocycles. The second-order valence-electron chi connectivity index (χ2n) is 9.92. The third kappa shape index (κ3) is 7.67. The van der Waals surface area contributed by atoms with Gasteiger partial charge in [-0.2, -0.15) is 0 Å². The van der Waals surface area contributed by atoms with Crippen LogP contribution in [0.1, 0.15) is 50.9 Å². The highest BCUT2D eigenvalue weighted by molar-refractivity contribution is 7.91. The Morgan fingerprint density at radius 2 is 1.76 bits per heavy atom. The minimum atomic E-state index is -3.53. The zero-order valence-corrected chi connectivity index (χ0v) is 23.8. The smallest absolute Gasteiger partial charge is 0.410 e. The molecular formula is C26H35ClN4O6S. The molecule has 0 saturated carbocycles. The van der Waals surface area contributed by atoms with Gasteiger partial charge in [0.2, 0.25) is 0 Å². The van der Waals surface area contributed by atoms with Crippen LogP contribution in [0.4, 0.5) is 16.2 Å². The summed E-state index contributed by atoms with van der Waals surface area (Å²) in [5.74, 6) is -0.104. The Bertz CT molecular complexity index is 1270. The number of hydrogen-bond donors (Lipinski definition) is 3. The molecule has 0 unspecified atom stereocenters. The third-order valence-electron chi connectivity index (χ3n) is 5.94. The first-order chi connectivity index (χ1) is 17.8. The number of piperidine rings is 1. The van der Waals surface area contributed by atoms with Gasteiger partial charge >= 0.3 is 6.09 Å². The van der Waals surface area contributed by atoms with Crippen LogP contribution < -0.4 is 20.9 Å². The van der Waals surface area contributed by atoms with Crippen LogP contribution in [0.25, 0.3) is 0 Å². The fraction of sp³-hybridized carbons (Fsp3) is 0.462. The van der Waals surface area contributed by atoms with Gasteiger partial charge in [0.1, 0.15) is 11.4 Å². The van der Waals surface area contributed by atoms with E-state index in [9.17, 15) is 18.0 Å². The number of halogens is 1. The van der Waals surface area contributed by atoms with E-state index in [4.69, 9.17) is 21.1 Å². The van der Waals surface area contributed by atoms with Gasteiger partial charge in [-0.15, -0.1) is 0 Å². The van der Waals surface area contributed by atoms with Gasteiger partial charge in [-0.05, 0) is 70.0 Å². The number of sulfone groups is 1. The Kier molecular flexibility index (Phi) is 9.37. The number of nitrogens with one attached hydrogen (secondary N) is 3. The summed E-state index contributed by atoms with van der Waals surface area (Å²) in [5.41, 5.74) is 5.87. The maximum absolute atomic E-state index is 12.8. The number of ether oxygens (including phenoxy) is 2. The van der Waals surface area contributed by atoms with Crippen LogP contribution in [0.15, 0.2) is 41.3 Å². The summed E-state index contributed by atoms with van der Waals surface area (Å²) in [6.07, 6.45) is 1.16. The molecule has 0 radical (unpaired) electrons. The largest absolute Gasteiger partial charge is 0.495 e. The van der Waals surface area contributed by atoms with Crippen LogP contribution in [0.2, 0.25) is 5.02 Å². The molecule has 2 aromatic rings. The molecule has 2 amide bonds. The van der Waals surface area contributed by atoms with Crippen LogP contribution >= 0.6 is 11.6 Å². The molecule has 2 aromatic carbocycles. The predicted octanol–water partition coefficient (Wildman–Crippen LogP) is 4.71. The predicted molar refractivity (Wildman–Crippen MR) is 148 cm³/mol. The van der Waals surface area contributed by atoms with Crippen molar-refractivity contribution in [3.05, 3.63) is 47.0 Å². The molecule has 10 nitrogen and oxygen atoms in total. The standard InChI is InChI=1S/C26H35ClN4O6S/c1-6-38(34,35)23-10-8-18(27)16-21(23)29-30-24(32)17-7-9-20(22(15-17)36-5)28-19-11-13-31(14-12-19)25(33)37-26(2,3)4/h7-10,15-16,19,28-29H,6,11-14H2,1-5H3,(H,30,32). The number of nitrogens with zero attached hydrogens (tertiary/aromatic N) is 1. The number of anilines is 2. The number of likely N-dealkylation sites (tertiary alicyclic amines) is 1. The van der Waals surface area contributed by atoms with Crippen molar-refractivity contribution in [2.24, 2.45) is 0 Å². The van der Waals surface area contributed by atoms with Crippen molar-refractivity contribution in [3.8, 4) is 5.75 Å². The zero-order chi connectivity index (χ0) is 28.1. The summed E-state index contributed by atoms with van der Waals surface area (Å²) in [7, 11) is -2.02. The highest BCUT2D eigenvalue weighted by Crippen LogP contribution is 2.29. The van der Waals surface area contributed by atoms with Gasteiger partial charge in [0, 0.05) is 29.7 Å². The number of hydrogen-bond acceptors (Lipinski definition) is 8. The highest BCUT2D eigenvalue weighted by atomic mass is 35.5. The highest BCUT2D eigenvalue weighted by Gasteiger charge is 2.27. The third-order valence-corrected chi connectivity index (χ3v) is 7.96. The Morgan fingerprint density at radius 3 is 2.37 bits per heavy atom. The van der Waals surface area contributed by atoms with Gasteiger partial charge in [0.05, 0.1) is 29.1 Å². The summed E-state index contributed by atoms with van der Waals surface area (Å²) in [6.45, 7) is 8.21. The second kappa shape index (κ2) is 12.1. The topological polar surface area (TPSA) is 126 Å². The van der Waals surface area contributed by atoms with Gasteiger partial charge in [-0.1, -0.05) is 18.5 Å². The molecule has 12 heteroatoms. The van der Waals surface area contributed by atoms with Crippen molar-refractivity contribution in [3.63, 3.8) is 0 Å². The Balaban J connectivity index is 1.63. The quantitative estimate of drug-likeness (QED) is 0.392. The minimum Gasteiger partial charge on any atom is -0.495 e. The van der Waals surface area contributed by atoms with E-state index >= 15 is 0 Å².